The molecule has 2 fully saturated rings. The Balaban J connectivity index is 1.78. The highest BCUT2D eigenvalue weighted by Crippen LogP contribution is 2.41. The van der Waals surface area contributed by atoms with Gasteiger partial charge in [0.05, 0.1) is 11.3 Å². The number of benzene rings is 1. The van der Waals surface area contributed by atoms with Gasteiger partial charge in [-0.3, -0.25) is 9.59 Å². The van der Waals surface area contributed by atoms with Gasteiger partial charge in [0.1, 0.15) is 11.4 Å². The Labute approximate surface area is 141 Å². The van der Waals surface area contributed by atoms with E-state index in [1.54, 1.807) is 6.92 Å². The summed E-state index contributed by atoms with van der Waals surface area (Å²) in [5, 5.41) is 2.42. The van der Waals surface area contributed by atoms with Crippen LogP contribution in [0, 0.1) is 0 Å². The topological polar surface area (TPSA) is 49.4 Å². The molecule has 130 valence electrons. The van der Waals surface area contributed by atoms with Gasteiger partial charge in [-0.15, -0.1) is 11.8 Å². The van der Waals surface area contributed by atoms with Crippen molar-refractivity contribution in [3.05, 3.63) is 35.4 Å². The van der Waals surface area contributed by atoms with Crippen LogP contribution in [0.2, 0.25) is 0 Å². The van der Waals surface area contributed by atoms with Crippen LogP contribution in [0.4, 0.5) is 13.2 Å². The van der Waals surface area contributed by atoms with Crippen LogP contribution in [0.5, 0.6) is 0 Å². The van der Waals surface area contributed by atoms with Crippen LogP contribution in [0.1, 0.15) is 36.3 Å². The third-order valence-corrected chi connectivity index (χ3v) is 5.38. The Hall–Kier alpha value is -1.70. The van der Waals surface area contributed by atoms with Gasteiger partial charge in [-0.05, 0) is 37.5 Å². The first kappa shape index (κ1) is 17.1. The van der Waals surface area contributed by atoms with E-state index in [0.29, 0.717) is 5.56 Å². The fourth-order valence-electron chi connectivity index (χ4n) is 2.62. The molecule has 0 bridgehead atoms. The number of thioether (sulfide) groups is 1. The Kier molecular flexibility index (Phi) is 4.50. The van der Waals surface area contributed by atoms with E-state index < -0.39 is 23.2 Å². The lowest BCUT2D eigenvalue weighted by atomic mass is 10.1. The van der Waals surface area contributed by atoms with Gasteiger partial charge in [-0.1, -0.05) is 12.1 Å². The second-order valence-corrected chi connectivity index (χ2v) is 7.11. The van der Waals surface area contributed by atoms with Crippen molar-refractivity contribution in [1.29, 1.82) is 0 Å². The van der Waals surface area contributed by atoms with Crippen molar-refractivity contribution in [1.82, 2.24) is 10.2 Å². The molecule has 0 radical (unpaired) electrons. The molecule has 3 rings (SSSR count). The average molecular weight is 358 g/mol. The van der Waals surface area contributed by atoms with Gasteiger partial charge < -0.3 is 10.2 Å². The molecular weight excluding hydrogens is 341 g/mol. The van der Waals surface area contributed by atoms with Gasteiger partial charge in [-0.2, -0.15) is 13.2 Å². The average Bonchev–Trinajstić information content (AvgIpc) is 3.25. The summed E-state index contributed by atoms with van der Waals surface area (Å²) in [6.07, 6.45) is -2.50. The highest BCUT2D eigenvalue weighted by Gasteiger charge is 2.40. The molecule has 0 spiro atoms. The van der Waals surface area contributed by atoms with E-state index >= 15 is 0 Å². The Bertz CT molecular complexity index is 644. The number of alkyl halides is 3. The monoisotopic (exact) mass is 358 g/mol. The SMILES string of the molecule is C[C@@H](C(=O)NC1CC1)N1C(=O)CS[C@H]1c1ccc(C(F)(F)F)cc1. The zero-order chi connectivity index (χ0) is 17.5. The van der Waals surface area contributed by atoms with Crippen molar-refractivity contribution in [2.24, 2.45) is 0 Å². The summed E-state index contributed by atoms with van der Waals surface area (Å²) in [6, 6.07) is 4.29. The predicted molar refractivity (Wildman–Crippen MR) is 84.1 cm³/mol. The molecule has 24 heavy (non-hydrogen) atoms. The van der Waals surface area contributed by atoms with Crippen LogP contribution >= 0.6 is 11.8 Å². The number of carbonyl (C=O) groups excluding carboxylic acids is 2. The fraction of sp³-hybridized carbons (Fsp3) is 0.500. The summed E-state index contributed by atoms with van der Waals surface area (Å²) < 4.78 is 38.0. The van der Waals surface area contributed by atoms with E-state index in [2.05, 4.69) is 5.32 Å². The van der Waals surface area contributed by atoms with Crippen LogP contribution in [0.15, 0.2) is 24.3 Å². The molecule has 1 aromatic rings. The Morgan fingerprint density at radius 2 is 1.92 bits per heavy atom. The number of nitrogens with zero attached hydrogens (tertiary/aromatic N) is 1. The minimum Gasteiger partial charge on any atom is -0.352 e. The number of halogens is 3. The van der Waals surface area contributed by atoms with E-state index in [0.717, 1.165) is 25.0 Å². The molecule has 0 unspecified atom stereocenters. The lowest BCUT2D eigenvalue weighted by Crippen LogP contribution is -2.47. The number of rotatable bonds is 4. The Morgan fingerprint density at radius 1 is 1.29 bits per heavy atom. The molecule has 1 saturated carbocycles. The van der Waals surface area contributed by atoms with Crippen molar-refractivity contribution in [3.63, 3.8) is 0 Å². The number of hydrogen-bond donors (Lipinski definition) is 1. The summed E-state index contributed by atoms with van der Waals surface area (Å²) in [5.74, 6) is -0.180. The van der Waals surface area contributed by atoms with Crippen LogP contribution in [-0.4, -0.2) is 34.6 Å². The van der Waals surface area contributed by atoms with E-state index in [1.807, 2.05) is 0 Å². The number of hydrogen-bond acceptors (Lipinski definition) is 3. The van der Waals surface area contributed by atoms with E-state index in [1.165, 1.54) is 28.8 Å². The molecule has 1 aromatic carbocycles. The lowest BCUT2D eigenvalue weighted by molar-refractivity contribution is -0.138. The van der Waals surface area contributed by atoms with Gasteiger partial charge >= 0.3 is 6.18 Å². The van der Waals surface area contributed by atoms with Crippen molar-refractivity contribution < 1.29 is 22.8 Å². The second kappa shape index (κ2) is 6.31. The van der Waals surface area contributed by atoms with E-state index in [4.69, 9.17) is 0 Å². The molecule has 2 atom stereocenters. The molecule has 1 heterocycles. The molecule has 1 N–H and O–H groups in total. The molecule has 1 aliphatic heterocycles. The molecule has 8 heteroatoms. The molecule has 1 aliphatic carbocycles. The third kappa shape index (κ3) is 3.53. The fourth-order valence-corrected chi connectivity index (χ4v) is 3.88. The highest BCUT2D eigenvalue weighted by atomic mass is 32.2. The maximum absolute atomic E-state index is 12.7. The van der Waals surface area contributed by atoms with Crippen LogP contribution in [-0.2, 0) is 15.8 Å². The van der Waals surface area contributed by atoms with Crippen LogP contribution in [0.25, 0.3) is 0 Å². The number of carbonyl (C=O) groups is 2. The van der Waals surface area contributed by atoms with Crippen LogP contribution in [0.3, 0.4) is 0 Å². The van der Waals surface area contributed by atoms with Crippen molar-refractivity contribution in [3.8, 4) is 0 Å². The zero-order valence-corrected chi connectivity index (χ0v) is 13.8. The molecular formula is C16H17F3N2O2S. The molecule has 1 saturated heterocycles. The molecule has 4 nitrogen and oxygen atoms in total. The van der Waals surface area contributed by atoms with Crippen molar-refractivity contribution in [2.45, 2.75) is 43.4 Å². The Morgan fingerprint density at radius 3 is 2.46 bits per heavy atom. The smallest absolute Gasteiger partial charge is 0.352 e. The van der Waals surface area contributed by atoms with Crippen LogP contribution < -0.4 is 5.32 Å². The quantitative estimate of drug-likeness (QED) is 0.900. The van der Waals surface area contributed by atoms with Crippen molar-refractivity contribution >= 4 is 23.6 Å². The highest BCUT2D eigenvalue weighted by molar-refractivity contribution is 8.00. The third-order valence-electron chi connectivity index (χ3n) is 4.15. The maximum Gasteiger partial charge on any atom is 0.416 e. The maximum atomic E-state index is 12.7. The molecule has 2 aliphatic rings. The number of nitrogens with one attached hydrogen (secondary N) is 1. The van der Waals surface area contributed by atoms with Gasteiger partial charge in [0.25, 0.3) is 0 Å². The second-order valence-electron chi connectivity index (χ2n) is 6.04. The summed E-state index contributed by atoms with van der Waals surface area (Å²) in [6.45, 7) is 1.65. The van der Waals surface area contributed by atoms with Crippen molar-refractivity contribution in [2.75, 3.05) is 5.75 Å². The van der Waals surface area contributed by atoms with E-state index in [9.17, 15) is 22.8 Å². The van der Waals surface area contributed by atoms with Gasteiger partial charge in [0, 0.05) is 6.04 Å². The summed E-state index contributed by atoms with van der Waals surface area (Å²) in [7, 11) is 0. The van der Waals surface area contributed by atoms with E-state index in [-0.39, 0.29) is 23.6 Å². The predicted octanol–water partition coefficient (Wildman–Crippen LogP) is 2.95. The summed E-state index contributed by atoms with van der Waals surface area (Å²) >= 11 is 1.32. The largest absolute Gasteiger partial charge is 0.416 e. The minimum atomic E-state index is -4.39. The van der Waals surface area contributed by atoms with Gasteiger partial charge in [0.15, 0.2) is 0 Å². The molecule has 2 amide bonds. The first-order chi connectivity index (χ1) is 11.3. The summed E-state index contributed by atoms with van der Waals surface area (Å²) in [5.41, 5.74) is -0.142. The first-order valence-corrected chi connectivity index (χ1v) is 8.72. The first-order valence-electron chi connectivity index (χ1n) is 7.67. The number of amides is 2. The van der Waals surface area contributed by atoms with Gasteiger partial charge in [0.2, 0.25) is 11.8 Å². The standard InChI is InChI=1S/C16H17F3N2O2S/c1-9(14(23)20-12-6-7-12)21-13(22)8-24-15(21)10-2-4-11(5-3-10)16(17,18)19/h2-5,9,12,15H,6-8H2,1H3,(H,20,23)/t9-,15-/m0/s1. The normalized spacial score (nSPS) is 22.6. The lowest BCUT2D eigenvalue weighted by Gasteiger charge is -2.29. The molecule has 0 aromatic heterocycles. The summed E-state index contributed by atoms with van der Waals surface area (Å²) in [4.78, 5) is 25.9. The van der Waals surface area contributed by atoms with Gasteiger partial charge in [-0.25, -0.2) is 0 Å². The zero-order valence-electron chi connectivity index (χ0n) is 13.0. The minimum absolute atomic E-state index is 0.177.